The first-order valence-electron chi connectivity index (χ1n) is 11.6. The third-order valence-electron chi connectivity index (χ3n) is 5.34. The summed E-state index contributed by atoms with van der Waals surface area (Å²) in [6.45, 7) is -1.95. The van der Waals surface area contributed by atoms with E-state index in [0.29, 0.717) is 0 Å². The van der Waals surface area contributed by atoms with E-state index < -0.39 is 55.3 Å². The molecule has 2 aromatic heterocycles. The molecule has 0 fully saturated rings. The van der Waals surface area contributed by atoms with Crippen LogP contribution in [0.5, 0.6) is 5.75 Å². The second-order valence-electron chi connectivity index (χ2n) is 8.44. The molecule has 0 aliphatic heterocycles. The molecule has 1 aromatic carbocycles. The fraction of sp³-hybridized carbons (Fsp3) is 0.292. The third-order valence-corrected chi connectivity index (χ3v) is 5.34. The highest BCUT2D eigenvalue weighted by atomic mass is 19.4. The zero-order chi connectivity index (χ0) is 30.3. The van der Waals surface area contributed by atoms with Gasteiger partial charge < -0.3 is 36.6 Å². The maximum absolute atomic E-state index is 13.0. The lowest BCUT2D eigenvalue weighted by Crippen LogP contribution is -2.41. The van der Waals surface area contributed by atoms with E-state index in [1.54, 1.807) is 0 Å². The molecule has 0 saturated heterocycles. The van der Waals surface area contributed by atoms with Gasteiger partial charge in [-0.05, 0) is 24.6 Å². The second kappa shape index (κ2) is 12.6. The van der Waals surface area contributed by atoms with Crippen LogP contribution in [0.15, 0.2) is 24.4 Å². The Morgan fingerprint density at radius 1 is 1.17 bits per heavy atom. The van der Waals surface area contributed by atoms with Gasteiger partial charge in [-0.2, -0.15) is 23.1 Å². The first-order valence-corrected chi connectivity index (χ1v) is 11.6. The van der Waals surface area contributed by atoms with Gasteiger partial charge in [-0.15, -0.1) is 6.42 Å². The van der Waals surface area contributed by atoms with Crippen molar-refractivity contribution in [3.8, 4) is 18.1 Å². The van der Waals surface area contributed by atoms with Crippen molar-refractivity contribution < 1.29 is 42.5 Å². The summed E-state index contributed by atoms with van der Waals surface area (Å²) in [6, 6.07) is 1.90. The van der Waals surface area contributed by atoms with Crippen LogP contribution in [0.25, 0.3) is 11.2 Å². The molecule has 1 atom stereocenters. The lowest BCUT2D eigenvalue weighted by Gasteiger charge is -2.25. The van der Waals surface area contributed by atoms with Crippen molar-refractivity contribution >= 4 is 46.5 Å². The van der Waals surface area contributed by atoms with E-state index in [4.69, 9.17) is 27.7 Å². The Kier molecular flexibility index (Phi) is 9.29. The average Bonchev–Trinajstić information content (AvgIpc) is 2.89. The predicted molar refractivity (Wildman–Crippen MR) is 138 cm³/mol. The number of amides is 1. The van der Waals surface area contributed by atoms with Crippen molar-refractivity contribution in [2.75, 3.05) is 29.5 Å². The summed E-state index contributed by atoms with van der Waals surface area (Å²) in [7, 11) is 0. The molecule has 0 spiro atoms. The van der Waals surface area contributed by atoms with Gasteiger partial charge in [0.25, 0.3) is 5.91 Å². The molecule has 0 radical (unpaired) electrons. The number of fused-ring (bicyclic) bond motifs is 1. The van der Waals surface area contributed by atoms with Gasteiger partial charge in [-0.3, -0.25) is 9.59 Å². The Balaban J connectivity index is 1.96. The number of alkyl halides is 3. The molecular weight excluding hydrogens is 553 g/mol. The van der Waals surface area contributed by atoms with Crippen molar-refractivity contribution in [1.29, 1.82) is 0 Å². The SMILES string of the molecule is C#CCN(Cc1cnc2nc(N)nc(N)c2n1)c1ccc(C(=O)NC(CCC(=O)O)C(=O)O)cc1OCC(F)(F)F. The number of hydrogen-bond acceptors (Lipinski definition) is 11. The van der Waals surface area contributed by atoms with Crippen LogP contribution in [0.2, 0.25) is 0 Å². The van der Waals surface area contributed by atoms with Crippen LogP contribution < -0.4 is 26.4 Å². The molecule has 2 heterocycles. The number of nitrogen functional groups attached to an aromatic ring is 2. The largest absolute Gasteiger partial charge is 0.482 e. The quantitative estimate of drug-likeness (QED) is 0.192. The Bertz CT molecular complexity index is 1510. The zero-order valence-corrected chi connectivity index (χ0v) is 21.1. The number of nitrogens with zero attached hydrogens (tertiary/aromatic N) is 5. The van der Waals surface area contributed by atoms with Gasteiger partial charge >= 0.3 is 18.1 Å². The molecule has 0 aliphatic carbocycles. The third kappa shape index (κ3) is 8.29. The number of ether oxygens (including phenoxy) is 1. The summed E-state index contributed by atoms with van der Waals surface area (Å²) < 4.78 is 44.1. The van der Waals surface area contributed by atoms with Gasteiger partial charge in [0, 0.05) is 12.0 Å². The fourth-order valence-corrected chi connectivity index (χ4v) is 3.55. The summed E-state index contributed by atoms with van der Waals surface area (Å²) in [6.07, 6.45) is 1.13. The maximum Gasteiger partial charge on any atom is 0.422 e. The molecule has 17 heteroatoms. The van der Waals surface area contributed by atoms with E-state index in [1.807, 2.05) is 0 Å². The van der Waals surface area contributed by atoms with Gasteiger partial charge in [0.2, 0.25) is 5.95 Å². The number of terminal acetylenes is 1. The van der Waals surface area contributed by atoms with Crippen molar-refractivity contribution in [1.82, 2.24) is 25.3 Å². The molecular formula is C24H23F3N8O6. The molecule has 41 heavy (non-hydrogen) atoms. The van der Waals surface area contributed by atoms with Crippen LogP contribution in [-0.2, 0) is 16.1 Å². The van der Waals surface area contributed by atoms with Crippen LogP contribution in [-0.4, -0.2) is 73.4 Å². The van der Waals surface area contributed by atoms with Crippen LogP contribution in [0, 0.1) is 12.3 Å². The highest BCUT2D eigenvalue weighted by Crippen LogP contribution is 2.32. The molecule has 7 N–H and O–H groups in total. The topological polar surface area (TPSA) is 220 Å². The minimum atomic E-state index is -4.74. The summed E-state index contributed by atoms with van der Waals surface area (Å²) in [5, 5.41) is 20.3. The molecule has 0 bridgehead atoms. The van der Waals surface area contributed by atoms with Crippen LogP contribution in [0.3, 0.4) is 0 Å². The molecule has 3 rings (SSSR count). The van der Waals surface area contributed by atoms with Gasteiger partial charge in [0.1, 0.15) is 11.8 Å². The van der Waals surface area contributed by atoms with Gasteiger partial charge in [0.15, 0.2) is 23.6 Å². The highest BCUT2D eigenvalue weighted by Gasteiger charge is 2.30. The van der Waals surface area contributed by atoms with Crippen molar-refractivity contribution in [2.45, 2.75) is 31.6 Å². The average molecular weight is 576 g/mol. The molecule has 1 unspecified atom stereocenters. The van der Waals surface area contributed by atoms with Crippen molar-refractivity contribution in [3.63, 3.8) is 0 Å². The number of benzene rings is 1. The van der Waals surface area contributed by atoms with Gasteiger partial charge in [0.05, 0.1) is 30.7 Å². The summed E-state index contributed by atoms with van der Waals surface area (Å²) >= 11 is 0. The number of nitrogens with two attached hydrogens (primary N) is 2. The molecule has 1 amide bonds. The van der Waals surface area contributed by atoms with E-state index in [0.717, 1.165) is 6.07 Å². The van der Waals surface area contributed by atoms with Gasteiger partial charge in [-0.1, -0.05) is 5.92 Å². The monoisotopic (exact) mass is 576 g/mol. The minimum absolute atomic E-state index is 0.0436. The first kappa shape index (κ1) is 30.1. The number of nitrogens with one attached hydrogen (secondary N) is 1. The van der Waals surface area contributed by atoms with E-state index in [9.17, 15) is 32.7 Å². The Morgan fingerprint density at radius 3 is 2.54 bits per heavy atom. The summed E-state index contributed by atoms with van der Waals surface area (Å²) in [5.41, 5.74) is 11.7. The summed E-state index contributed by atoms with van der Waals surface area (Å²) in [5.74, 6) is -1.92. The normalized spacial score (nSPS) is 11.9. The van der Waals surface area contributed by atoms with E-state index in [2.05, 4.69) is 31.2 Å². The maximum atomic E-state index is 13.0. The molecule has 0 aliphatic rings. The number of rotatable bonds is 12. The van der Waals surface area contributed by atoms with Crippen LogP contribution >= 0.6 is 0 Å². The molecule has 3 aromatic rings. The Labute approximate surface area is 229 Å². The molecule has 14 nitrogen and oxygen atoms in total. The predicted octanol–water partition coefficient (Wildman–Crippen LogP) is 1.21. The lowest BCUT2D eigenvalue weighted by molar-refractivity contribution is -0.153. The van der Waals surface area contributed by atoms with Crippen LogP contribution in [0.4, 0.5) is 30.6 Å². The number of carboxylic acids is 2. The highest BCUT2D eigenvalue weighted by molar-refractivity contribution is 5.97. The number of carbonyl (C=O) groups is 3. The van der Waals surface area contributed by atoms with Crippen LogP contribution in [0.1, 0.15) is 28.9 Å². The minimum Gasteiger partial charge on any atom is -0.482 e. The van der Waals surface area contributed by atoms with Crippen molar-refractivity contribution in [3.05, 3.63) is 35.7 Å². The second-order valence-corrected chi connectivity index (χ2v) is 8.44. The van der Waals surface area contributed by atoms with Gasteiger partial charge in [-0.25, -0.2) is 14.8 Å². The summed E-state index contributed by atoms with van der Waals surface area (Å²) in [4.78, 5) is 52.6. The Morgan fingerprint density at radius 2 is 1.90 bits per heavy atom. The number of anilines is 3. The smallest absolute Gasteiger partial charge is 0.422 e. The lowest BCUT2D eigenvalue weighted by atomic mass is 10.1. The van der Waals surface area contributed by atoms with E-state index in [-0.39, 0.29) is 53.0 Å². The number of aromatic nitrogens is 4. The first-order chi connectivity index (χ1) is 19.3. The number of carbonyl (C=O) groups excluding carboxylic acids is 1. The van der Waals surface area contributed by atoms with E-state index >= 15 is 0 Å². The number of hydrogen-bond donors (Lipinski definition) is 5. The standard InChI is InChI=1S/C24H23F3N8O6/c1-2-7-35(10-13-9-30-20-18(31-13)19(28)33-23(29)34-20)15-5-3-12(8-16(15)41-11-24(25,26)27)21(38)32-14(22(39)40)4-6-17(36)37/h1,3,5,8-9,14H,4,6-7,10-11H2,(H,32,38)(H,36,37)(H,39,40)(H4,28,29,30,33,34). The Hall–Kier alpha value is -5.40. The number of aliphatic carboxylic acids is 2. The number of halogens is 3. The van der Waals surface area contributed by atoms with E-state index in [1.165, 1.54) is 23.2 Å². The fourth-order valence-electron chi connectivity index (χ4n) is 3.55. The number of carboxylic acid groups (broad SMARTS) is 2. The van der Waals surface area contributed by atoms with Crippen molar-refractivity contribution in [2.24, 2.45) is 0 Å². The molecule has 216 valence electrons. The zero-order valence-electron chi connectivity index (χ0n) is 21.1. The molecule has 0 saturated carbocycles.